The average Bonchev–Trinajstić information content (AvgIpc) is 3.11. The molecule has 7 nitrogen and oxygen atoms in total. The van der Waals surface area contributed by atoms with Crippen LogP contribution in [0, 0.1) is 5.82 Å². The van der Waals surface area contributed by atoms with E-state index < -0.39 is 23.5 Å². The lowest BCUT2D eigenvalue weighted by Crippen LogP contribution is -2.33. The third-order valence-corrected chi connectivity index (χ3v) is 6.31. The summed E-state index contributed by atoms with van der Waals surface area (Å²) in [6, 6.07) is 9.73. The number of hydrogen-bond donors (Lipinski definition) is 1. The zero-order valence-electron chi connectivity index (χ0n) is 19.4. The van der Waals surface area contributed by atoms with Gasteiger partial charge in [-0.2, -0.15) is 0 Å². The Bertz CT molecular complexity index is 1090. The van der Waals surface area contributed by atoms with Gasteiger partial charge in [0.1, 0.15) is 24.8 Å². The van der Waals surface area contributed by atoms with Crippen molar-refractivity contribution in [2.45, 2.75) is 26.3 Å². The number of nitrogens with zero attached hydrogens (tertiary/aromatic N) is 2. The number of carbonyl (C=O) groups excluding carboxylic acids is 2. The van der Waals surface area contributed by atoms with E-state index in [0.717, 1.165) is 19.6 Å². The first-order valence-electron chi connectivity index (χ1n) is 11.6. The molecular weight excluding hydrogens is 439 g/mol. The van der Waals surface area contributed by atoms with Crippen molar-refractivity contribution >= 4 is 17.4 Å². The summed E-state index contributed by atoms with van der Waals surface area (Å²) in [5.74, 6) is -1.14. The van der Waals surface area contributed by atoms with Crippen LogP contribution in [-0.2, 0) is 9.59 Å². The Morgan fingerprint density at radius 1 is 1.06 bits per heavy atom. The molecule has 0 radical (unpaired) electrons. The molecule has 4 rings (SSSR count). The van der Waals surface area contributed by atoms with Crippen LogP contribution in [0.5, 0.6) is 11.5 Å². The number of hydrogen-bond acceptors (Lipinski definition) is 6. The molecule has 2 aliphatic rings. The quantitative estimate of drug-likeness (QED) is 0.361. The fourth-order valence-corrected chi connectivity index (χ4v) is 4.45. The Balaban J connectivity index is 1.72. The van der Waals surface area contributed by atoms with Gasteiger partial charge in [-0.15, -0.1) is 0 Å². The average molecular weight is 469 g/mol. The number of likely N-dealkylation sites (tertiary alicyclic amines) is 1. The maximum Gasteiger partial charge on any atom is 0.295 e. The standard InChI is InChI=1S/C26H29FN2O5/c1-3-28(4-2)12-5-13-29-23(17-6-9-19(27)10-7-17)22(25(31)26(29)32)24(30)18-8-11-20-21(16-18)34-15-14-33-20/h6-11,16,23,30H,3-5,12-15H2,1-2H3/t23-/m1/s1. The SMILES string of the molecule is CCN(CC)CCCN1C(=O)C(=O)C(=C(O)c2ccc3c(c2)OCCO3)[C@H]1c1ccc(F)cc1. The molecule has 34 heavy (non-hydrogen) atoms. The van der Waals surface area contributed by atoms with Crippen LogP contribution in [0.4, 0.5) is 4.39 Å². The van der Waals surface area contributed by atoms with E-state index in [4.69, 9.17) is 9.47 Å². The van der Waals surface area contributed by atoms with Crippen LogP contribution in [0.3, 0.4) is 0 Å². The monoisotopic (exact) mass is 468 g/mol. The van der Waals surface area contributed by atoms with Gasteiger partial charge in [-0.3, -0.25) is 9.59 Å². The van der Waals surface area contributed by atoms with Gasteiger partial charge in [0, 0.05) is 12.1 Å². The topological polar surface area (TPSA) is 79.3 Å². The minimum absolute atomic E-state index is 0.0175. The zero-order valence-corrected chi connectivity index (χ0v) is 19.4. The molecule has 2 aromatic carbocycles. The van der Waals surface area contributed by atoms with Gasteiger partial charge in [0.25, 0.3) is 11.7 Å². The van der Waals surface area contributed by atoms with Crippen LogP contribution in [0.1, 0.15) is 37.4 Å². The summed E-state index contributed by atoms with van der Waals surface area (Å²) in [5.41, 5.74) is 0.885. The number of benzene rings is 2. The summed E-state index contributed by atoms with van der Waals surface area (Å²) < 4.78 is 24.8. The molecule has 0 aliphatic carbocycles. The summed E-state index contributed by atoms with van der Waals surface area (Å²) in [4.78, 5) is 29.9. The summed E-state index contributed by atoms with van der Waals surface area (Å²) >= 11 is 0. The van der Waals surface area contributed by atoms with Crippen molar-refractivity contribution in [1.82, 2.24) is 9.80 Å². The van der Waals surface area contributed by atoms with Gasteiger partial charge in [-0.1, -0.05) is 26.0 Å². The first-order valence-corrected chi connectivity index (χ1v) is 11.6. The highest BCUT2D eigenvalue weighted by Gasteiger charge is 2.45. The number of ketones is 1. The number of aliphatic hydroxyl groups is 1. The number of aliphatic hydroxyl groups excluding tert-OH is 1. The normalized spacial score (nSPS) is 19.2. The van der Waals surface area contributed by atoms with Crippen LogP contribution in [0.2, 0.25) is 0 Å². The second kappa shape index (κ2) is 10.3. The molecular formula is C26H29FN2O5. The van der Waals surface area contributed by atoms with Crippen molar-refractivity contribution in [3.05, 3.63) is 65.0 Å². The van der Waals surface area contributed by atoms with Gasteiger partial charge in [-0.25, -0.2) is 4.39 Å². The fraction of sp³-hybridized carbons (Fsp3) is 0.385. The first kappa shape index (κ1) is 23.8. The summed E-state index contributed by atoms with van der Waals surface area (Å²) in [7, 11) is 0. The Kier molecular flexibility index (Phi) is 7.17. The van der Waals surface area contributed by atoms with Crippen LogP contribution in [0.25, 0.3) is 5.76 Å². The summed E-state index contributed by atoms with van der Waals surface area (Å²) in [5, 5.41) is 11.2. The van der Waals surface area contributed by atoms with E-state index in [0.29, 0.717) is 48.8 Å². The van der Waals surface area contributed by atoms with Crippen LogP contribution < -0.4 is 9.47 Å². The van der Waals surface area contributed by atoms with E-state index in [2.05, 4.69) is 18.7 Å². The lowest BCUT2D eigenvalue weighted by molar-refractivity contribution is -0.140. The predicted octanol–water partition coefficient (Wildman–Crippen LogP) is 3.75. The number of Topliss-reactive ketones (excluding diaryl/α,β-unsaturated/α-hetero) is 1. The van der Waals surface area contributed by atoms with Gasteiger partial charge in [-0.05, 0) is 62.0 Å². The minimum atomic E-state index is -0.814. The molecule has 1 N–H and O–H groups in total. The number of ether oxygens (including phenoxy) is 2. The fourth-order valence-electron chi connectivity index (χ4n) is 4.45. The second-order valence-electron chi connectivity index (χ2n) is 8.28. The van der Waals surface area contributed by atoms with Crippen molar-refractivity contribution in [3.8, 4) is 11.5 Å². The largest absolute Gasteiger partial charge is 0.507 e. The van der Waals surface area contributed by atoms with Gasteiger partial charge >= 0.3 is 0 Å². The highest BCUT2D eigenvalue weighted by molar-refractivity contribution is 6.46. The van der Waals surface area contributed by atoms with E-state index >= 15 is 0 Å². The molecule has 1 saturated heterocycles. The number of fused-ring (bicyclic) bond motifs is 1. The van der Waals surface area contributed by atoms with Crippen molar-refractivity contribution in [2.24, 2.45) is 0 Å². The highest BCUT2D eigenvalue weighted by Crippen LogP contribution is 2.41. The molecule has 2 aromatic rings. The van der Waals surface area contributed by atoms with Crippen molar-refractivity contribution in [3.63, 3.8) is 0 Å². The predicted molar refractivity (Wildman–Crippen MR) is 125 cm³/mol. The van der Waals surface area contributed by atoms with Gasteiger partial charge in [0.05, 0.1) is 11.6 Å². The Morgan fingerprint density at radius 3 is 2.41 bits per heavy atom. The molecule has 0 saturated carbocycles. The lowest BCUT2D eigenvalue weighted by Gasteiger charge is -2.27. The Labute approximate surface area is 198 Å². The van der Waals surface area contributed by atoms with E-state index in [1.807, 2.05) is 0 Å². The molecule has 0 unspecified atom stereocenters. The maximum atomic E-state index is 13.6. The molecule has 180 valence electrons. The third-order valence-electron chi connectivity index (χ3n) is 6.31. The molecule has 0 bridgehead atoms. The number of rotatable bonds is 8. The highest BCUT2D eigenvalue weighted by atomic mass is 19.1. The van der Waals surface area contributed by atoms with Crippen molar-refractivity contribution in [2.75, 3.05) is 39.4 Å². The van der Waals surface area contributed by atoms with E-state index in [9.17, 15) is 19.1 Å². The number of amides is 1. The van der Waals surface area contributed by atoms with Gasteiger partial charge < -0.3 is 24.4 Å². The molecule has 2 aliphatic heterocycles. The smallest absolute Gasteiger partial charge is 0.295 e. The maximum absolute atomic E-state index is 13.6. The van der Waals surface area contributed by atoms with Crippen LogP contribution in [0.15, 0.2) is 48.0 Å². The molecule has 0 spiro atoms. The molecule has 1 atom stereocenters. The first-order chi connectivity index (χ1) is 16.4. The van der Waals surface area contributed by atoms with Crippen molar-refractivity contribution < 1.29 is 28.6 Å². The van der Waals surface area contributed by atoms with Crippen LogP contribution in [-0.4, -0.2) is 66.0 Å². The summed E-state index contributed by atoms with van der Waals surface area (Å²) in [6.45, 7) is 7.84. The second-order valence-corrected chi connectivity index (χ2v) is 8.28. The third kappa shape index (κ3) is 4.63. The Hall–Kier alpha value is -3.39. The summed E-state index contributed by atoms with van der Waals surface area (Å²) in [6.07, 6.45) is 0.663. The lowest BCUT2D eigenvalue weighted by atomic mass is 9.95. The van der Waals surface area contributed by atoms with Gasteiger partial charge in [0.15, 0.2) is 11.5 Å². The zero-order chi connectivity index (χ0) is 24.2. The van der Waals surface area contributed by atoms with Gasteiger partial charge in [0.2, 0.25) is 0 Å². The molecule has 1 amide bonds. The van der Waals surface area contributed by atoms with E-state index in [1.165, 1.54) is 17.0 Å². The van der Waals surface area contributed by atoms with Crippen molar-refractivity contribution in [1.29, 1.82) is 0 Å². The molecule has 2 heterocycles. The molecule has 8 heteroatoms. The number of halogens is 1. The van der Waals surface area contributed by atoms with E-state index in [1.54, 1.807) is 30.3 Å². The van der Waals surface area contributed by atoms with Crippen LogP contribution >= 0.6 is 0 Å². The molecule has 0 aromatic heterocycles. The van der Waals surface area contributed by atoms with E-state index in [-0.39, 0.29) is 11.3 Å². The minimum Gasteiger partial charge on any atom is -0.507 e. The number of carbonyl (C=O) groups is 2. The Morgan fingerprint density at radius 2 is 1.74 bits per heavy atom. The molecule has 1 fully saturated rings.